The van der Waals surface area contributed by atoms with Crippen LogP contribution in [0.3, 0.4) is 0 Å². The van der Waals surface area contributed by atoms with Gasteiger partial charge >= 0.3 is 0 Å². The highest BCUT2D eigenvalue weighted by Gasteiger charge is 2.16. The number of likely N-dealkylation sites (N-methyl/N-ethyl adjacent to an activating group) is 1. The first-order valence-electron chi connectivity index (χ1n) is 7.53. The minimum Gasteiger partial charge on any atom is -0.385 e. The summed E-state index contributed by atoms with van der Waals surface area (Å²) < 4.78 is 7.34. The number of ether oxygens (including phenoxy) is 1. The van der Waals surface area contributed by atoms with Crippen molar-refractivity contribution in [1.82, 2.24) is 15.1 Å². The zero-order chi connectivity index (χ0) is 13.5. The van der Waals surface area contributed by atoms with Crippen LogP contribution in [0.1, 0.15) is 50.3 Å². The zero-order valence-corrected chi connectivity index (χ0v) is 12.3. The molecule has 4 heteroatoms. The van der Waals surface area contributed by atoms with Gasteiger partial charge in [-0.15, -0.1) is 0 Å². The molecule has 1 unspecified atom stereocenters. The summed E-state index contributed by atoms with van der Waals surface area (Å²) in [5.74, 6) is 0. The van der Waals surface area contributed by atoms with Gasteiger partial charge in [0.1, 0.15) is 0 Å². The van der Waals surface area contributed by atoms with Gasteiger partial charge in [-0.2, -0.15) is 5.10 Å². The molecule has 2 rings (SSSR count). The summed E-state index contributed by atoms with van der Waals surface area (Å²) in [5.41, 5.74) is 1.20. The molecular formula is C15H27N3O. The maximum atomic E-state index is 5.15. The van der Waals surface area contributed by atoms with Gasteiger partial charge in [-0.1, -0.05) is 19.3 Å². The number of nitrogens with one attached hydrogen (secondary N) is 1. The molecule has 1 aliphatic rings. The molecule has 0 saturated heterocycles. The Bertz CT molecular complexity index is 358. The summed E-state index contributed by atoms with van der Waals surface area (Å²) >= 11 is 0. The monoisotopic (exact) mass is 265 g/mol. The van der Waals surface area contributed by atoms with Crippen molar-refractivity contribution >= 4 is 0 Å². The molecular weight excluding hydrogens is 238 g/mol. The van der Waals surface area contributed by atoms with Crippen molar-refractivity contribution in [2.24, 2.45) is 0 Å². The molecule has 0 bridgehead atoms. The lowest BCUT2D eigenvalue weighted by atomic mass is 9.96. The summed E-state index contributed by atoms with van der Waals surface area (Å²) in [6.45, 7) is 0.800. The summed E-state index contributed by atoms with van der Waals surface area (Å²) in [6.07, 6.45) is 10.9. The van der Waals surface area contributed by atoms with Crippen molar-refractivity contribution in [2.75, 3.05) is 20.8 Å². The van der Waals surface area contributed by atoms with E-state index in [2.05, 4.69) is 22.3 Å². The average molecular weight is 265 g/mol. The van der Waals surface area contributed by atoms with E-state index in [1.807, 2.05) is 7.05 Å². The maximum Gasteiger partial charge on any atom is 0.0640 e. The van der Waals surface area contributed by atoms with Crippen LogP contribution in [0.25, 0.3) is 0 Å². The lowest BCUT2D eigenvalue weighted by Gasteiger charge is -2.22. The predicted octanol–water partition coefficient (Wildman–Crippen LogP) is 2.56. The topological polar surface area (TPSA) is 39.1 Å². The first-order valence-corrected chi connectivity index (χ1v) is 7.53. The van der Waals surface area contributed by atoms with E-state index < -0.39 is 0 Å². The van der Waals surface area contributed by atoms with E-state index >= 15 is 0 Å². The van der Waals surface area contributed by atoms with Crippen molar-refractivity contribution in [1.29, 1.82) is 0 Å². The highest BCUT2D eigenvalue weighted by atomic mass is 16.5. The van der Waals surface area contributed by atoms with E-state index in [1.165, 1.54) is 37.8 Å². The molecule has 1 aromatic heterocycles. The highest BCUT2D eigenvalue weighted by Crippen LogP contribution is 2.27. The van der Waals surface area contributed by atoms with Gasteiger partial charge in [0.15, 0.2) is 0 Å². The van der Waals surface area contributed by atoms with Gasteiger partial charge in [-0.05, 0) is 32.4 Å². The molecule has 108 valence electrons. The van der Waals surface area contributed by atoms with E-state index in [1.54, 1.807) is 7.11 Å². The predicted molar refractivity (Wildman–Crippen MR) is 77.4 cm³/mol. The first kappa shape index (κ1) is 14.5. The van der Waals surface area contributed by atoms with Crippen molar-refractivity contribution in [2.45, 2.75) is 57.0 Å². The lowest BCUT2D eigenvalue weighted by Crippen LogP contribution is -2.29. The van der Waals surface area contributed by atoms with Crippen molar-refractivity contribution < 1.29 is 4.74 Å². The van der Waals surface area contributed by atoms with E-state index in [9.17, 15) is 0 Å². The standard InChI is InChI=1S/C15H27N3O/c1-16-13(9-11-19-2)12-14-8-10-18(17-14)15-6-4-3-5-7-15/h8,10,13,15-16H,3-7,9,11-12H2,1-2H3. The second-order valence-electron chi connectivity index (χ2n) is 5.55. The molecule has 1 aromatic rings. The van der Waals surface area contributed by atoms with E-state index in [0.717, 1.165) is 19.4 Å². The fourth-order valence-electron chi connectivity index (χ4n) is 2.90. The zero-order valence-electron chi connectivity index (χ0n) is 12.3. The number of rotatable bonds is 7. The quantitative estimate of drug-likeness (QED) is 0.823. The Hall–Kier alpha value is -0.870. The molecule has 1 heterocycles. The Kier molecular flexibility index (Phi) is 5.86. The molecule has 1 fully saturated rings. The number of aromatic nitrogens is 2. The van der Waals surface area contributed by atoms with Crippen molar-refractivity contribution in [3.63, 3.8) is 0 Å². The summed E-state index contributed by atoms with van der Waals surface area (Å²) in [6, 6.07) is 3.26. The number of nitrogens with zero attached hydrogens (tertiary/aromatic N) is 2. The van der Waals surface area contributed by atoms with Crippen LogP contribution in [0.2, 0.25) is 0 Å². The Morgan fingerprint density at radius 2 is 2.21 bits per heavy atom. The second kappa shape index (κ2) is 7.65. The smallest absolute Gasteiger partial charge is 0.0640 e. The third kappa shape index (κ3) is 4.32. The van der Waals surface area contributed by atoms with Crippen LogP contribution in [0.5, 0.6) is 0 Å². The lowest BCUT2D eigenvalue weighted by molar-refractivity contribution is 0.183. The molecule has 1 saturated carbocycles. The first-order chi connectivity index (χ1) is 9.33. The molecule has 0 amide bonds. The molecule has 0 radical (unpaired) electrons. The van der Waals surface area contributed by atoms with Gasteiger partial charge in [0.25, 0.3) is 0 Å². The molecule has 1 N–H and O–H groups in total. The average Bonchev–Trinajstić information content (AvgIpc) is 2.93. The Morgan fingerprint density at radius 3 is 2.89 bits per heavy atom. The minimum atomic E-state index is 0.453. The Balaban J connectivity index is 1.88. The summed E-state index contributed by atoms with van der Waals surface area (Å²) in [7, 11) is 3.77. The molecule has 0 spiro atoms. The van der Waals surface area contributed by atoms with Crippen molar-refractivity contribution in [3.05, 3.63) is 18.0 Å². The van der Waals surface area contributed by atoms with Gasteiger partial charge < -0.3 is 10.1 Å². The van der Waals surface area contributed by atoms with Crippen LogP contribution in [0, 0.1) is 0 Å². The largest absolute Gasteiger partial charge is 0.385 e. The van der Waals surface area contributed by atoms with Crippen LogP contribution in [-0.4, -0.2) is 36.6 Å². The molecule has 19 heavy (non-hydrogen) atoms. The summed E-state index contributed by atoms with van der Waals surface area (Å²) in [4.78, 5) is 0. The van der Waals surface area contributed by atoms with Gasteiger partial charge in [-0.3, -0.25) is 4.68 Å². The van der Waals surface area contributed by atoms with E-state index in [-0.39, 0.29) is 0 Å². The molecule has 0 aliphatic heterocycles. The van der Waals surface area contributed by atoms with Gasteiger partial charge in [0.05, 0.1) is 11.7 Å². The highest BCUT2D eigenvalue weighted by molar-refractivity contribution is 5.02. The molecule has 1 aliphatic carbocycles. The van der Waals surface area contributed by atoms with Crippen LogP contribution in [0.15, 0.2) is 12.3 Å². The summed E-state index contributed by atoms with van der Waals surface area (Å²) in [5, 5.41) is 8.11. The number of hydrogen-bond donors (Lipinski definition) is 1. The fourth-order valence-corrected chi connectivity index (χ4v) is 2.90. The van der Waals surface area contributed by atoms with Crippen molar-refractivity contribution in [3.8, 4) is 0 Å². The van der Waals surface area contributed by atoms with Gasteiger partial charge in [0.2, 0.25) is 0 Å². The van der Waals surface area contributed by atoms with Gasteiger partial charge in [-0.25, -0.2) is 0 Å². The SMILES string of the molecule is CNC(CCOC)Cc1ccn(C2CCCCC2)n1. The Labute approximate surface area is 116 Å². The maximum absolute atomic E-state index is 5.15. The van der Waals surface area contributed by atoms with E-state index in [4.69, 9.17) is 9.84 Å². The minimum absolute atomic E-state index is 0.453. The number of methoxy groups -OCH3 is 1. The third-order valence-corrected chi connectivity index (χ3v) is 4.15. The fraction of sp³-hybridized carbons (Fsp3) is 0.800. The molecule has 4 nitrogen and oxygen atoms in total. The van der Waals surface area contributed by atoms with Crippen LogP contribution in [0.4, 0.5) is 0 Å². The third-order valence-electron chi connectivity index (χ3n) is 4.15. The van der Waals surface area contributed by atoms with Crippen LogP contribution < -0.4 is 5.32 Å². The normalized spacial score (nSPS) is 18.6. The molecule has 1 atom stereocenters. The van der Waals surface area contributed by atoms with Crippen LogP contribution in [-0.2, 0) is 11.2 Å². The van der Waals surface area contributed by atoms with E-state index in [0.29, 0.717) is 12.1 Å². The van der Waals surface area contributed by atoms with Gasteiger partial charge in [0, 0.05) is 32.4 Å². The van der Waals surface area contributed by atoms with Crippen LogP contribution >= 0.6 is 0 Å². The molecule has 0 aromatic carbocycles. The Morgan fingerprint density at radius 1 is 1.42 bits per heavy atom. The second-order valence-corrected chi connectivity index (χ2v) is 5.55. The number of hydrogen-bond acceptors (Lipinski definition) is 3.